The first-order valence-electron chi connectivity index (χ1n) is 6.71. The maximum Gasteiger partial charge on any atom is 0.123 e. The Balaban J connectivity index is 2.37. The third-order valence-electron chi connectivity index (χ3n) is 3.79. The number of hydrogen-bond acceptors (Lipinski definition) is 2. The van der Waals surface area contributed by atoms with E-state index in [4.69, 9.17) is 4.74 Å². The van der Waals surface area contributed by atoms with Gasteiger partial charge < -0.3 is 10.1 Å². The molecule has 1 atom stereocenters. The second-order valence-electron chi connectivity index (χ2n) is 4.92. The summed E-state index contributed by atoms with van der Waals surface area (Å²) in [5.41, 5.74) is 1.48. The zero-order chi connectivity index (χ0) is 12.1. The topological polar surface area (TPSA) is 21.3 Å². The zero-order valence-electron chi connectivity index (χ0n) is 11.0. The monoisotopic (exact) mass is 233 g/mol. The highest BCUT2D eigenvalue weighted by molar-refractivity contribution is 5.39. The summed E-state index contributed by atoms with van der Waals surface area (Å²) in [5, 5.41) is 3.74. The Kier molecular flexibility index (Phi) is 4.06. The molecule has 1 aromatic rings. The van der Waals surface area contributed by atoms with Gasteiger partial charge in [0.15, 0.2) is 0 Å². The molecule has 1 aliphatic heterocycles. The minimum atomic E-state index is 0.138. The molecule has 1 unspecified atom stereocenters. The maximum atomic E-state index is 5.53. The predicted octanol–water partition coefficient (Wildman–Crippen LogP) is 3.46. The first-order chi connectivity index (χ1) is 8.32. The van der Waals surface area contributed by atoms with Crippen LogP contribution in [-0.2, 0) is 5.54 Å². The number of hydrogen-bond donors (Lipinski definition) is 1. The van der Waals surface area contributed by atoms with Gasteiger partial charge in [0.1, 0.15) is 5.75 Å². The minimum Gasteiger partial charge on any atom is -0.496 e. The number of para-hydroxylation sites is 1. The van der Waals surface area contributed by atoms with Crippen molar-refractivity contribution in [3.63, 3.8) is 0 Å². The molecular formula is C15H23NO. The van der Waals surface area contributed by atoms with Crippen molar-refractivity contribution < 1.29 is 4.74 Å². The molecule has 1 heterocycles. The molecule has 1 aliphatic rings. The Morgan fingerprint density at radius 3 is 2.76 bits per heavy atom. The van der Waals surface area contributed by atoms with E-state index in [2.05, 4.69) is 30.4 Å². The third-order valence-corrected chi connectivity index (χ3v) is 3.79. The number of methoxy groups -OCH3 is 1. The van der Waals surface area contributed by atoms with Gasteiger partial charge in [0.25, 0.3) is 0 Å². The van der Waals surface area contributed by atoms with Crippen molar-refractivity contribution in [3.8, 4) is 5.75 Å². The molecule has 0 radical (unpaired) electrons. The summed E-state index contributed by atoms with van der Waals surface area (Å²) in [5.74, 6) is 1.02. The van der Waals surface area contributed by atoms with Gasteiger partial charge in [0.2, 0.25) is 0 Å². The first-order valence-corrected chi connectivity index (χ1v) is 6.71. The molecule has 94 valence electrons. The average Bonchev–Trinajstić information content (AvgIpc) is 2.40. The van der Waals surface area contributed by atoms with Gasteiger partial charge in [0.05, 0.1) is 7.11 Å². The fraction of sp³-hybridized carbons (Fsp3) is 0.600. The number of rotatable bonds is 4. The van der Waals surface area contributed by atoms with Crippen LogP contribution in [0.1, 0.15) is 44.6 Å². The second kappa shape index (κ2) is 5.54. The molecule has 1 fully saturated rings. The number of ether oxygens (including phenoxy) is 1. The van der Waals surface area contributed by atoms with E-state index in [1.807, 2.05) is 6.07 Å². The average molecular weight is 233 g/mol. The lowest BCUT2D eigenvalue weighted by Crippen LogP contribution is -2.46. The Morgan fingerprint density at radius 1 is 1.29 bits per heavy atom. The Morgan fingerprint density at radius 2 is 2.12 bits per heavy atom. The van der Waals surface area contributed by atoms with Gasteiger partial charge in [-0.2, -0.15) is 0 Å². The Hall–Kier alpha value is -1.02. The minimum absolute atomic E-state index is 0.138. The van der Waals surface area contributed by atoms with Gasteiger partial charge in [-0.15, -0.1) is 0 Å². The predicted molar refractivity (Wildman–Crippen MR) is 71.4 cm³/mol. The molecule has 1 aromatic carbocycles. The molecule has 1 saturated heterocycles. The van der Waals surface area contributed by atoms with Crippen LogP contribution in [0.2, 0.25) is 0 Å². The smallest absolute Gasteiger partial charge is 0.123 e. The lowest BCUT2D eigenvalue weighted by atomic mass is 9.78. The van der Waals surface area contributed by atoms with Crippen molar-refractivity contribution in [1.29, 1.82) is 0 Å². The zero-order valence-corrected chi connectivity index (χ0v) is 11.0. The molecule has 0 amide bonds. The van der Waals surface area contributed by atoms with E-state index < -0.39 is 0 Å². The van der Waals surface area contributed by atoms with Crippen LogP contribution in [0.5, 0.6) is 5.75 Å². The molecule has 0 spiro atoms. The summed E-state index contributed by atoms with van der Waals surface area (Å²) in [6.07, 6.45) is 6.21. The fourth-order valence-electron chi connectivity index (χ4n) is 3.01. The number of nitrogens with one attached hydrogen (secondary N) is 1. The van der Waals surface area contributed by atoms with Gasteiger partial charge >= 0.3 is 0 Å². The van der Waals surface area contributed by atoms with E-state index in [1.54, 1.807) is 7.11 Å². The molecule has 2 heteroatoms. The van der Waals surface area contributed by atoms with Crippen LogP contribution in [0.3, 0.4) is 0 Å². The SMILES string of the molecule is CCCC1(c2ccccc2OC)CCCCN1. The maximum absolute atomic E-state index is 5.53. The number of benzene rings is 1. The van der Waals surface area contributed by atoms with Crippen LogP contribution in [-0.4, -0.2) is 13.7 Å². The molecule has 0 bridgehead atoms. The first kappa shape index (κ1) is 12.4. The third kappa shape index (κ3) is 2.47. The molecule has 0 saturated carbocycles. The van der Waals surface area contributed by atoms with Crippen LogP contribution in [0.25, 0.3) is 0 Å². The molecular weight excluding hydrogens is 210 g/mol. The summed E-state index contributed by atoms with van der Waals surface area (Å²) in [4.78, 5) is 0. The summed E-state index contributed by atoms with van der Waals surface area (Å²) >= 11 is 0. The molecule has 1 N–H and O–H groups in total. The van der Waals surface area contributed by atoms with Crippen LogP contribution in [0.15, 0.2) is 24.3 Å². The fourth-order valence-corrected chi connectivity index (χ4v) is 3.01. The standard InChI is InChI=1S/C15H23NO/c1-3-10-15(11-6-7-12-16-15)13-8-4-5-9-14(13)17-2/h4-5,8-9,16H,3,6-7,10-12H2,1-2H3. The van der Waals surface area contributed by atoms with Crippen molar-refractivity contribution in [3.05, 3.63) is 29.8 Å². The van der Waals surface area contributed by atoms with E-state index in [9.17, 15) is 0 Å². The Labute approximate surface area is 104 Å². The normalized spacial score (nSPS) is 24.6. The lowest BCUT2D eigenvalue weighted by Gasteiger charge is -2.39. The largest absolute Gasteiger partial charge is 0.496 e. The molecule has 2 nitrogen and oxygen atoms in total. The summed E-state index contributed by atoms with van der Waals surface area (Å²) in [6, 6.07) is 8.45. The highest BCUT2D eigenvalue weighted by Gasteiger charge is 2.34. The molecule has 0 aliphatic carbocycles. The van der Waals surface area contributed by atoms with Crippen molar-refractivity contribution in [2.75, 3.05) is 13.7 Å². The van der Waals surface area contributed by atoms with Crippen LogP contribution < -0.4 is 10.1 Å². The molecule has 17 heavy (non-hydrogen) atoms. The summed E-state index contributed by atoms with van der Waals surface area (Å²) in [6.45, 7) is 3.38. The van der Waals surface area contributed by atoms with E-state index in [-0.39, 0.29) is 5.54 Å². The van der Waals surface area contributed by atoms with Gasteiger partial charge in [-0.25, -0.2) is 0 Å². The summed E-state index contributed by atoms with van der Waals surface area (Å²) in [7, 11) is 1.77. The van der Waals surface area contributed by atoms with Gasteiger partial charge in [-0.05, 0) is 31.9 Å². The van der Waals surface area contributed by atoms with Crippen LogP contribution in [0, 0.1) is 0 Å². The van der Waals surface area contributed by atoms with Crippen molar-refractivity contribution in [1.82, 2.24) is 5.32 Å². The van der Waals surface area contributed by atoms with Crippen molar-refractivity contribution in [2.24, 2.45) is 0 Å². The highest BCUT2D eigenvalue weighted by Crippen LogP contribution is 2.39. The van der Waals surface area contributed by atoms with E-state index in [0.717, 1.165) is 12.3 Å². The molecule has 2 rings (SSSR count). The van der Waals surface area contributed by atoms with Gasteiger partial charge in [-0.1, -0.05) is 38.0 Å². The van der Waals surface area contributed by atoms with Crippen LogP contribution >= 0.6 is 0 Å². The Bertz CT molecular complexity index is 350. The lowest BCUT2D eigenvalue weighted by molar-refractivity contribution is 0.230. The van der Waals surface area contributed by atoms with Crippen molar-refractivity contribution >= 4 is 0 Å². The second-order valence-corrected chi connectivity index (χ2v) is 4.92. The quantitative estimate of drug-likeness (QED) is 0.860. The highest BCUT2D eigenvalue weighted by atomic mass is 16.5. The van der Waals surface area contributed by atoms with Gasteiger partial charge in [-0.3, -0.25) is 0 Å². The number of piperidine rings is 1. The van der Waals surface area contributed by atoms with E-state index in [0.29, 0.717) is 0 Å². The summed E-state index contributed by atoms with van der Waals surface area (Å²) < 4.78 is 5.53. The molecule has 0 aromatic heterocycles. The van der Waals surface area contributed by atoms with Crippen LogP contribution in [0.4, 0.5) is 0 Å². The van der Waals surface area contributed by atoms with Crippen molar-refractivity contribution in [2.45, 2.75) is 44.6 Å². The van der Waals surface area contributed by atoms with Gasteiger partial charge in [0, 0.05) is 11.1 Å². The van der Waals surface area contributed by atoms with E-state index >= 15 is 0 Å². The van der Waals surface area contributed by atoms with E-state index in [1.165, 1.54) is 37.7 Å².